The van der Waals surface area contributed by atoms with Crippen LogP contribution in [0, 0.1) is 11.8 Å². The molecule has 0 aliphatic heterocycles. The lowest BCUT2D eigenvalue weighted by atomic mass is 9.73. The van der Waals surface area contributed by atoms with Crippen molar-refractivity contribution in [2.75, 3.05) is 5.32 Å². The van der Waals surface area contributed by atoms with Gasteiger partial charge in [-0.15, -0.1) is 10.2 Å². The van der Waals surface area contributed by atoms with Gasteiger partial charge in [0.25, 0.3) is 0 Å². The molecule has 1 aromatic carbocycles. The minimum Gasteiger partial charge on any atom is -0.481 e. The lowest BCUT2D eigenvalue weighted by Crippen LogP contribution is -2.41. The number of hydrogen-bond donors (Lipinski definition) is 2. The van der Waals surface area contributed by atoms with Crippen molar-refractivity contribution in [3.05, 3.63) is 30.6 Å². The van der Waals surface area contributed by atoms with E-state index in [-0.39, 0.29) is 5.91 Å². The van der Waals surface area contributed by atoms with E-state index in [0.717, 1.165) is 5.56 Å². The Morgan fingerprint density at radius 3 is 2.68 bits per heavy atom. The van der Waals surface area contributed by atoms with Crippen LogP contribution in [-0.4, -0.2) is 31.7 Å². The van der Waals surface area contributed by atoms with E-state index in [1.165, 1.54) is 0 Å². The monoisotopic (exact) mass is 300 g/mol. The van der Waals surface area contributed by atoms with E-state index in [1.54, 1.807) is 23.0 Å². The summed E-state index contributed by atoms with van der Waals surface area (Å²) in [4.78, 5) is 23.2. The van der Waals surface area contributed by atoms with Crippen LogP contribution in [0.1, 0.15) is 12.8 Å². The highest BCUT2D eigenvalue weighted by atomic mass is 16.4. The van der Waals surface area contributed by atoms with E-state index >= 15 is 0 Å². The fourth-order valence-electron chi connectivity index (χ4n) is 2.62. The smallest absolute Gasteiger partial charge is 0.307 e. The molecule has 0 saturated heterocycles. The van der Waals surface area contributed by atoms with Gasteiger partial charge in [0.05, 0.1) is 11.8 Å². The third kappa shape index (κ3) is 2.57. The minimum absolute atomic E-state index is 0.242. The van der Waals surface area contributed by atoms with E-state index in [9.17, 15) is 9.59 Å². The van der Waals surface area contributed by atoms with Crippen LogP contribution < -0.4 is 5.32 Å². The fourth-order valence-corrected chi connectivity index (χ4v) is 2.62. The lowest BCUT2D eigenvalue weighted by Gasteiger charge is -2.31. The largest absolute Gasteiger partial charge is 0.481 e. The molecule has 0 spiro atoms. The van der Waals surface area contributed by atoms with Crippen molar-refractivity contribution in [3.8, 4) is 11.4 Å². The summed E-state index contributed by atoms with van der Waals surface area (Å²) in [6, 6.07) is 7.26. The second kappa shape index (κ2) is 5.59. The Morgan fingerprint density at radius 1 is 1.32 bits per heavy atom. The first-order chi connectivity index (χ1) is 10.6. The molecule has 2 atom stereocenters. The second-order valence-corrected chi connectivity index (χ2v) is 5.46. The number of hydrogen-bond acceptors (Lipinski definition) is 4. The molecule has 0 bridgehead atoms. The zero-order valence-corrected chi connectivity index (χ0v) is 12.1. The van der Waals surface area contributed by atoms with Crippen molar-refractivity contribution in [2.24, 2.45) is 18.9 Å². The van der Waals surface area contributed by atoms with E-state index in [2.05, 4.69) is 15.5 Å². The van der Waals surface area contributed by atoms with Gasteiger partial charge in [-0.05, 0) is 25.0 Å². The van der Waals surface area contributed by atoms with Gasteiger partial charge in [-0.3, -0.25) is 9.59 Å². The summed E-state index contributed by atoms with van der Waals surface area (Å²) in [6.07, 6.45) is 2.78. The summed E-state index contributed by atoms with van der Waals surface area (Å²) >= 11 is 0. The van der Waals surface area contributed by atoms with Crippen molar-refractivity contribution < 1.29 is 14.7 Å². The molecule has 2 unspecified atom stereocenters. The molecule has 0 radical (unpaired) electrons. The third-order valence-corrected chi connectivity index (χ3v) is 4.03. The van der Waals surface area contributed by atoms with Gasteiger partial charge in [0.1, 0.15) is 6.33 Å². The number of carbonyl (C=O) groups is 2. The van der Waals surface area contributed by atoms with Gasteiger partial charge in [-0.25, -0.2) is 0 Å². The number of aryl methyl sites for hydroxylation is 1. The molecule has 3 rings (SSSR count). The highest BCUT2D eigenvalue weighted by Gasteiger charge is 2.41. The number of aliphatic carboxylic acids is 1. The first-order valence-corrected chi connectivity index (χ1v) is 7.04. The van der Waals surface area contributed by atoms with E-state index in [0.29, 0.717) is 24.4 Å². The van der Waals surface area contributed by atoms with Crippen molar-refractivity contribution in [1.29, 1.82) is 0 Å². The topological polar surface area (TPSA) is 97.1 Å². The van der Waals surface area contributed by atoms with Crippen LogP contribution >= 0.6 is 0 Å². The molecule has 1 saturated carbocycles. The van der Waals surface area contributed by atoms with Gasteiger partial charge in [-0.2, -0.15) is 0 Å². The Balaban J connectivity index is 1.75. The molecule has 1 heterocycles. The Morgan fingerprint density at radius 2 is 2.09 bits per heavy atom. The number of anilines is 1. The predicted octanol–water partition coefficient (Wildman–Crippen LogP) is 1.53. The van der Waals surface area contributed by atoms with Crippen LogP contribution in [-0.2, 0) is 16.6 Å². The molecule has 1 aliphatic rings. The molecule has 1 fully saturated rings. The van der Waals surface area contributed by atoms with Crippen LogP contribution in [0.5, 0.6) is 0 Å². The first kappa shape index (κ1) is 14.2. The van der Waals surface area contributed by atoms with Gasteiger partial charge in [0.2, 0.25) is 5.91 Å². The average molecular weight is 300 g/mol. The number of benzene rings is 1. The Labute approximate surface area is 127 Å². The maximum atomic E-state index is 12.2. The van der Waals surface area contributed by atoms with Crippen molar-refractivity contribution in [2.45, 2.75) is 12.8 Å². The summed E-state index contributed by atoms with van der Waals surface area (Å²) < 4.78 is 1.79. The number of carboxylic acids is 1. The quantitative estimate of drug-likeness (QED) is 0.892. The van der Waals surface area contributed by atoms with Crippen LogP contribution in [0.2, 0.25) is 0 Å². The molecule has 2 N–H and O–H groups in total. The molecule has 2 aromatic rings. The Kier molecular flexibility index (Phi) is 3.62. The summed E-state index contributed by atoms with van der Waals surface area (Å²) in [6.45, 7) is 0. The van der Waals surface area contributed by atoms with Crippen molar-refractivity contribution in [1.82, 2.24) is 14.8 Å². The normalized spacial score (nSPS) is 20.2. The molecule has 114 valence electrons. The molecule has 1 aromatic heterocycles. The maximum Gasteiger partial charge on any atom is 0.307 e. The molecule has 7 heteroatoms. The van der Waals surface area contributed by atoms with Crippen LogP contribution in [0.25, 0.3) is 11.4 Å². The van der Waals surface area contributed by atoms with Crippen LogP contribution in [0.15, 0.2) is 30.6 Å². The van der Waals surface area contributed by atoms with E-state index < -0.39 is 17.8 Å². The van der Waals surface area contributed by atoms with Crippen LogP contribution in [0.3, 0.4) is 0 Å². The summed E-state index contributed by atoms with van der Waals surface area (Å²) in [5, 5.41) is 19.7. The first-order valence-electron chi connectivity index (χ1n) is 7.04. The van der Waals surface area contributed by atoms with Crippen molar-refractivity contribution in [3.63, 3.8) is 0 Å². The number of nitrogens with one attached hydrogen (secondary N) is 1. The maximum absolute atomic E-state index is 12.2. The minimum atomic E-state index is -0.903. The second-order valence-electron chi connectivity index (χ2n) is 5.46. The highest BCUT2D eigenvalue weighted by molar-refractivity contribution is 5.96. The van der Waals surface area contributed by atoms with Crippen molar-refractivity contribution >= 4 is 17.6 Å². The highest BCUT2D eigenvalue weighted by Crippen LogP contribution is 2.35. The van der Waals surface area contributed by atoms with E-state index in [1.807, 2.05) is 19.2 Å². The van der Waals surface area contributed by atoms with E-state index in [4.69, 9.17) is 5.11 Å². The van der Waals surface area contributed by atoms with Gasteiger partial charge < -0.3 is 15.0 Å². The molecule has 1 aliphatic carbocycles. The summed E-state index contributed by atoms with van der Waals surface area (Å²) in [5.41, 5.74) is 1.46. The molecular formula is C15H16N4O3. The summed E-state index contributed by atoms with van der Waals surface area (Å²) in [5.74, 6) is -1.46. The number of rotatable bonds is 4. The third-order valence-electron chi connectivity index (χ3n) is 4.03. The zero-order valence-electron chi connectivity index (χ0n) is 12.1. The average Bonchev–Trinajstić information content (AvgIpc) is 2.83. The molecule has 22 heavy (non-hydrogen) atoms. The van der Waals surface area contributed by atoms with Gasteiger partial charge >= 0.3 is 5.97 Å². The number of nitrogens with zero attached hydrogens (tertiary/aromatic N) is 3. The molecule has 7 nitrogen and oxygen atoms in total. The number of amides is 1. The van der Waals surface area contributed by atoms with Gasteiger partial charge in [0, 0.05) is 18.3 Å². The Bertz CT molecular complexity index is 725. The standard InChI is InChI=1S/C15H16N4O3/c1-19-8-16-18-13(19)9-3-2-4-10(7-9)17-14(20)11-5-6-12(11)15(21)22/h2-4,7-8,11-12H,5-6H2,1H3,(H,17,20)(H,21,22). The number of carboxylic acid groups (broad SMARTS) is 1. The number of carbonyl (C=O) groups excluding carboxylic acids is 1. The van der Waals surface area contributed by atoms with Gasteiger partial charge in [0.15, 0.2) is 5.82 Å². The molecule has 1 amide bonds. The SMILES string of the molecule is Cn1cnnc1-c1cccc(NC(=O)C2CCC2C(=O)O)c1. The molecular weight excluding hydrogens is 284 g/mol. The zero-order chi connectivity index (χ0) is 15.7. The fraction of sp³-hybridized carbons (Fsp3) is 0.333. The van der Waals surface area contributed by atoms with Crippen LogP contribution in [0.4, 0.5) is 5.69 Å². The lowest BCUT2D eigenvalue weighted by molar-refractivity contribution is -0.151. The summed E-state index contributed by atoms with van der Waals surface area (Å²) in [7, 11) is 1.84. The Hall–Kier alpha value is -2.70. The number of aromatic nitrogens is 3. The van der Waals surface area contributed by atoms with Gasteiger partial charge in [-0.1, -0.05) is 12.1 Å². The predicted molar refractivity (Wildman–Crippen MR) is 78.9 cm³/mol.